The Bertz CT molecular complexity index is 2030. The van der Waals surface area contributed by atoms with Crippen LogP contribution in [0.1, 0.15) is 12.7 Å². The lowest BCUT2D eigenvalue weighted by atomic mass is 10.1. The van der Waals surface area contributed by atoms with Crippen molar-refractivity contribution in [2.24, 2.45) is 0 Å². The minimum Gasteiger partial charge on any atom is -0.496 e. The van der Waals surface area contributed by atoms with Crippen LogP contribution in [0.5, 0.6) is 34.8 Å². The van der Waals surface area contributed by atoms with Crippen LogP contribution in [-0.2, 0) is 0 Å². The average Bonchev–Trinajstić information content (AvgIpc) is 3.10. The van der Waals surface area contributed by atoms with Crippen molar-refractivity contribution in [3.8, 4) is 57.0 Å². The van der Waals surface area contributed by atoms with Gasteiger partial charge in [0.15, 0.2) is 21.2 Å². The number of hydrogen-bond acceptors (Lipinski definition) is 10. The molecule has 4 aromatic heterocycles. The zero-order chi connectivity index (χ0) is 34.0. The molecule has 0 bridgehead atoms. The maximum Gasteiger partial charge on any atom is 0.227 e. The van der Waals surface area contributed by atoms with E-state index in [1.807, 2.05) is 41.6 Å². The summed E-state index contributed by atoms with van der Waals surface area (Å²) in [6, 6.07) is 15.8. The highest BCUT2D eigenvalue weighted by Crippen LogP contribution is 2.38. The van der Waals surface area contributed by atoms with E-state index in [1.165, 1.54) is 38.5 Å². The number of halogens is 3. The van der Waals surface area contributed by atoms with E-state index in [4.69, 9.17) is 18.9 Å². The van der Waals surface area contributed by atoms with E-state index in [-0.39, 0.29) is 11.6 Å². The molecule has 0 unspecified atom stereocenters. The van der Waals surface area contributed by atoms with E-state index < -0.39 is 0 Å². The first-order valence-electron chi connectivity index (χ1n) is 14.1. The Labute approximate surface area is 288 Å². The fraction of sp³-hybridized carbons (Fsp3) is 0.0857. The molecule has 4 heterocycles. The van der Waals surface area contributed by atoms with Crippen LogP contribution in [-0.4, -0.2) is 44.1 Å². The minimum absolute atomic E-state index is 0.346. The van der Waals surface area contributed by atoms with Gasteiger partial charge in [-0.05, 0) is 61.0 Å². The quantitative estimate of drug-likeness (QED) is 0.105. The summed E-state index contributed by atoms with van der Waals surface area (Å²) < 4.78 is 49.6. The van der Waals surface area contributed by atoms with Crippen LogP contribution in [0.15, 0.2) is 104 Å². The molecule has 48 heavy (non-hydrogen) atoms. The molecular formula is C35H27F2IN6O4. The number of rotatable bonds is 9. The first-order valence-corrected chi connectivity index (χ1v) is 15.2. The zero-order valence-corrected chi connectivity index (χ0v) is 28.1. The second kappa shape index (κ2) is 15.8. The third-order valence-corrected chi connectivity index (χ3v) is 7.04. The number of aromatic nitrogens is 6. The number of pyridine rings is 2. The Morgan fingerprint density at radius 2 is 1.06 bits per heavy atom. The molecular weight excluding hydrogens is 733 g/mol. The van der Waals surface area contributed by atoms with Gasteiger partial charge in [-0.2, -0.15) is 0 Å². The average molecular weight is 761 g/mol. The summed E-state index contributed by atoms with van der Waals surface area (Å²) in [4.78, 5) is 25.0. The highest BCUT2D eigenvalue weighted by Gasteiger charge is 2.16. The number of ether oxygens (including phenoxy) is 4. The molecule has 0 saturated carbocycles. The maximum atomic E-state index is 13.4. The lowest BCUT2D eigenvalue weighted by Gasteiger charge is -2.12. The predicted octanol–water partition coefficient (Wildman–Crippen LogP) is 8.59. The lowest BCUT2D eigenvalue weighted by Crippen LogP contribution is -1.96. The fourth-order valence-corrected chi connectivity index (χ4v) is 4.57. The molecule has 0 N–H and O–H groups in total. The Balaban J connectivity index is 0.000000188. The Hall–Kier alpha value is -5.57. The molecule has 6 rings (SSSR count). The number of methoxy groups -OCH3 is 2. The van der Waals surface area contributed by atoms with Crippen LogP contribution in [0.4, 0.5) is 8.78 Å². The Morgan fingerprint density at radius 3 is 1.48 bits per heavy atom. The highest BCUT2D eigenvalue weighted by molar-refractivity contribution is 14.1. The molecule has 0 atom stereocenters. The molecule has 0 spiro atoms. The number of nitrogens with zero attached hydrogens (tertiary/aromatic N) is 6. The first-order chi connectivity index (χ1) is 23.2. The fourth-order valence-electron chi connectivity index (χ4n) is 4.30. The maximum absolute atomic E-state index is 13.4. The lowest BCUT2D eigenvalue weighted by molar-refractivity contribution is 0.412. The summed E-state index contributed by atoms with van der Waals surface area (Å²) in [6.45, 7) is 5.62. The van der Waals surface area contributed by atoms with Gasteiger partial charge in [0, 0.05) is 69.4 Å². The molecule has 13 heteroatoms. The van der Waals surface area contributed by atoms with Crippen LogP contribution in [0, 0.1) is 15.5 Å². The predicted molar refractivity (Wildman–Crippen MR) is 184 cm³/mol. The van der Waals surface area contributed by atoms with Crippen LogP contribution in [0.2, 0.25) is 0 Å². The molecule has 10 nitrogen and oxygen atoms in total. The van der Waals surface area contributed by atoms with Crippen molar-refractivity contribution in [1.82, 2.24) is 29.9 Å². The van der Waals surface area contributed by atoms with Crippen molar-refractivity contribution < 1.29 is 27.7 Å². The van der Waals surface area contributed by atoms with Gasteiger partial charge in [0.2, 0.25) is 11.8 Å². The second-order valence-electron chi connectivity index (χ2n) is 9.82. The Kier molecular flexibility index (Phi) is 11.1. The van der Waals surface area contributed by atoms with Gasteiger partial charge < -0.3 is 18.9 Å². The molecule has 2 aromatic carbocycles. The van der Waals surface area contributed by atoms with E-state index in [9.17, 15) is 8.78 Å². The number of allylic oxidation sites excluding steroid dienone is 1. The molecule has 0 aliphatic heterocycles. The van der Waals surface area contributed by atoms with Crippen molar-refractivity contribution >= 4 is 28.2 Å². The van der Waals surface area contributed by atoms with E-state index in [1.54, 1.807) is 61.4 Å². The highest BCUT2D eigenvalue weighted by atomic mass is 127. The smallest absolute Gasteiger partial charge is 0.227 e. The summed E-state index contributed by atoms with van der Waals surface area (Å²) in [5.74, 6) is 2.21. The summed E-state index contributed by atoms with van der Waals surface area (Å²) in [5.41, 5.74) is 3.47. The van der Waals surface area contributed by atoms with Gasteiger partial charge in [0.25, 0.3) is 0 Å². The molecule has 0 saturated heterocycles. The normalized spacial score (nSPS) is 10.4. The van der Waals surface area contributed by atoms with Gasteiger partial charge in [0.1, 0.15) is 23.1 Å². The van der Waals surface area contributed by atoms with Crippen molar-refractivity contribution in [3.05, 3.63) is 126 Å². The van der Waals surface area contributed by atoms with Gasteiger partial charge in [0.05, 0.1) is 39.0 Å². The van der Waals surface area contributed by atoms with Crippen LogP contribution >= 0.6 is 22.6 Å². The van der Waals surface area contributed by atoms with Gasteiger partial charge in [-0.3, -0.25) is 0 Å². The number of hydrogen-bond donors (Lipinski definition) is 0. The van der Waals surface area contributed by atoms with Crippen molar-refractivity contribution in [2.75, 3.05) is 14.2 Å². The van der Waals surface area contributed by atoms with Crippen molar-refractivity contribution in [3.63, 3.8) is 0 Å². The van der Waals surface area contributed by atoms with Gasteiger partial charge in [-0.1, -0.05) is 6.58 Å². The Morgan fingerprint density at radius 1 is 0.625 bits per heavy atom. The molecule has 0 radical (unpaired) electrons. The molecule has 0 aliphatic rings. The second-order valence-corrected chi connectivity index (χ2v) is 10.8. The largest absolute Gasteiger partial charge is 0.496 e. The van der Waals surface area contributed by atoms with E-state index in [0.717, 1.165) is 5.57 Å². The first kappa shape index (κ1) is 33.8. The van der Waals surface area contributed by atoms with Gasteiger partial charge in [-0.15, -0.1) is 0 Å². The SMILES string of the molecule is C=C(C)c1ncc(Oc2ncccc2-c2ccc(F)cc2OC)cn1.COc1cc(F)ccc1-c1cccnc1Oc1cnc(I)nc1. The summed E-state index contributed by atoms with van der Waals surface area (Å²) >= 11 is 2.01. The molecule has 0 aliphatic carbocycles. The number of benzene rings is 2. The summed E-state index contributed by atoms with van der Waals surface area (Å²) in [6.07, 6.45) is 9.46. The molecule has 6 aromatic rings. The van der Waals surface area contributed by atoms with E-state index in [0.29, 0.717) is 66.7 Å². The topological polar surface area (TPSA) is 114 Å². The third-order valence-electron chi connectivity index (χ3n) is 6.49. The van der Waals surface area contributed by atoms with Crippen molar-refractivity contribution in [1.29, 1.82) is 0 Å². The monoisotopic (exact) mass is 760 g/mol. The van der Waals surface area contributed by atoms with Crippen LogP contribution < -0.4 is 18.9 Å². The summed E-state index contributed by atoms with van der Waals surface area (Å²) in [5, 5.41) is 0. The standard InChI is InChI=1S/C19H16FN3O2.C16H11FIN3O2/c1-12(2)18-22-10-14(11-23-18)25-19-16(5-4-8-21-19)15-7-6-13(20)9-17(15)24-3;1-22-14-7-10(17)4-5-12(14)13-3-2-6-19-15(13)23-11-8-20-16(18)21-9-11/h4-11H,1H2,2-3H3;2-9H,1H3. The third kappa shape index (κ3) is 8.41. The van der Waals surface area contributed by atoms with Gasteiger partial charge in [-0.25, -0.2) is 38.7 Å². The van der Waals surface area contributed by atoms with E-state index >= 15 is 0 Å². The minimum atomic E-state index is -0.379. The zero-order valence-electron chi connectivity index (χ0n) is 25.9. The molecule has 0 fully saturated rings. The van der Waals surface area contributed by atoms with Crippen LogP contribution in [0.25, 0.3) is 27.8 Å². The molecule has 242 valence electrons. The van der Waals surface area contributed by atoms with Crippen LogP contribution in [0.3, 0.4) is 0 Å². The van der Waals surface area contributed by atoms with E-state index in [2.05, 4.69) is 36.5 Å². The summed E-state index contributed by atoms with van der Waals surface area (Å²) in [7, 11) is 2.97. The van der Waals surface area contributed by atoms with Crippen molar-refractivity contribution in [2.45, 2.75) is 6.92 Å². The van der Waals surface area contributed by atoms with Gasteiger partial charge >= 0.3 is 0 Å². The molecule has 0 amide bonds.